The van der Waals surface area contributed by atoms with Gasteiger partial charge in [0.1, 0.15) is 23.4 Å². The smallest absolute Gasteiger partial charge is 0.272 e. The van der Waals surface area contributed by atoms with Crippen LogP contribution in [-0.4, -0.2) is 62.4 Å². The van der Waals surface area contributed by atoms with E-state index >= 15 is 4.39 Å². The van der Waals surface area contributed by atoms with Crippen molar-refractivity contribution in [2.24, 2.45) is 0 Å². The molecular weight excluding hydrogens is 544 g/mol. The van der Waals surface area contributed by atoms with Crippen molar-refractivity contribution < 1.29 is 18.7 Å². The van der Waals surface area contributed by atoms with Gasteiger partial charge in [0.05, 0.1) is 11.4 Å². The Labute approximate surface area is 236 Å². The number of aryl methyl sites for hydroxylation is 1. The first-order chi connectivity index (χ1) is 18.7. The van der Waals surface area contributed by atoms with E-state index in [2.05, 4.69) is 9.55 Å². The third kappa shape index (κ3) is 5.34. The molecule has 39 heavy (non-hydrogen) atoms. The second-order valence-corrected chi connectivity index (χ2v) is 11.0. The molecule has 0 fully saturated rings. The van der Waals surface area contributed by atoms with E-state index in [-0.39, 0.29) is 46.1 Å². The number of rotatable bonds is 6. The van der Waals surface area contributed by atoms with Crippen molar-refractivity contribution in [2.45, 2.75) is 58.2 Å². The van der Waals surface area contributed by atoms with Crippen LogP contribution in [0.4, 0.5) is 4.39 Å². The standard InChI is InChI=1S/C28H30Cl2FN5O3/c1-16(2)34(3)28(38)21-9-10-22(27(30)33-21)39-15-24(37)36-13-11-20-26(35-12-5-4-6-23(35)32-20)25(36)18-8-7-17(29)14-19(18)31/h7-10,14,16,25H,4-6,11-13,15H2,1-3H3. The van der Waals surface area contributed by atoms with Crippen molar-refractivity contribution in [3.63, 3.8) is 0 Å². The van der Waals surface area contributed by atoms with E-state index in [1.54, 1.807) is 29.0 Å². The van der Waals surface area contributed by atoms with Crippen LogP contribution in [0.5, 0.6) is 5.75 Å². The molecule has 1 unspecified atom stereocenters. The predicted octanol–water partition coefficient (Wildman–Crippen LogP) is 5.09. The number of benzene rings is 1. The number of fused-ring (bicyclic) bond motifs is 3. The third-order valence-corrected chi connectivity index (χ3v) is 7.92. The maximum atomic E-state index is 15.3. The summed E-state index contributed by atoms with van der Waals surface area (Å²) in [5.41, 5.74) is 2.29. The molecule has 1 aromatic carbocycles. The van der Waals surface area contributed by atoms with Crippen molar-refractivity contribution >= 4 is 35.0 Å². The Hall–Kier alpha value is -3.17. The topological polar surface area (TPSA) is 80.6 Å². The molecule has 2 aliphatic rings. The zero-order valence-corrected chi connectivity index (χ0v) is 23.6. The molecule has 4 heterocycles. The first-order valence-corrected chi connectivity index (χ1v) is 13.8. The predicted molar refractivity (Wildman–Crippen MR) is 146 cm³/mol. The summed E-state index contributed by atoms with van der Waals surface area (Å²) >= 11 is 12.4. The van der Waals surface area contributed by atoms with Crippen LogP contribution >= 0.6 is 23.2 Å². The summed E-state index contributed by atoms with van der Waals surface area (Å²) in [5, 5.41) is 0.268. The molecule has 1 atom stereocenters. The Bertz CT molecular complexity index is 1430. The first-order valence-electron chi connectivity index (χ1n) is 13.0. The SMILES string of the molecule is CC(C)N(C)C(=O)c1ccc(OCC(=O)N2CCc3nc4n(c3C2c2ccc(Cl)cc2F)CCCC4)c(Cl)n1. The number of aromatic nitrogens is 3. The lowest BCUT2D eigenvalue weighted by molar-refractivity contribution is -0.135. The third-order valence-electron chi connectivity index (χ3n) is 7.41. The van der Waals surface area contributed by atoms with Crippen LogP contribution in [0, 0.1) is 5.82 Å². The molecule has 2 aromatic heterocycles. The van der Waals surface area contributed by atoms with Crippen molar-refractivity contribution in [3.05, 3.63) is 74.8 Å². The molecule has 11 heteroatoms. The van der Waals surface area contributed by atoms with E-state index in [4.69, 9.17) is 32.9 Å². The summed E-state index contributed by atoms with van der Waals surface area (Å²) in [6.07, 6.45) is 3.48. The second kappa shape index (κ2) is 11.1. The van der Waals surface area contributed by atoms with Crippen molar-refractivity contribution in [3.8, 4) is 5.75 Å². The molecule has 0 radical (unpaired) electrons. The fourth-order valence-electron chi connectivity index (χ4n) is 5.15. The van der Waals surface area contributed by atoms with Crippen LogP contribution in [0.25, 0.3) is 0 Å². The average Bonchev–Trinajstić information content (AvgIpc) is 3.30. The second-order valence-electron chi connectivity index (χ2n) is 10.2. The molecule has 0 bridgehead atoms. The van der Waals surface area contributed by atoms with Gasteiger partial charge in [0.25, 0.3) is 11.8 Å². The number of carbonyl (C=O) groups excluding carboxylic acids is 2. The molecule has 8 nitrogen and oxygen atoms in total. The summed E-state index contributed by atoms with van der Waals surface area (Å²) in [4.78, 5) is 38.4. The number of imidazole rings is 1. The molecule has 3 aromatic rings. The van der Waals surface area contributed by atoms with E-state index < -0.39 is 11.9 Å². The monoisotopic (exact) mass is 573 g/mol. The Morgan fingerprint density at radius 3 is 2.64 bits per heavy atom. The van der Waals surface area contributed by atoms with Gasteiger partial charge in [0, 0.05) is 49.6 Å². The lowest BCUT2D eigenvalue weighted by atomic mass is 9.94. The van der Waals surface area contributed by atoms with E-state index in [1.807, 2.05) is 13.8 Å². The van der Waals surface area contributed by atoms with Gasteiger partial charge in [-0.2, -0.15) is 0 Å². The largest absolute Gasteiger partial charge is 0.481 e. The van der Waals surface area contributed by atoms with Crippen LogP contribution in [0.15, 0.2) is 30.3 Å². The highest BCUT2D eigenvalue weighted by Gasteiger charge is 2.38. The maximum absolute atomic E-state index is 15.3. The Balaban J connectivity index is 1.41. The Morgan fingerprint density at radius 2 is 1.92 bits per heavy atom. The van der Waals surface area contributed by atoms with Gasteiger partial charge in [-0.15, -0.1) is 0 Å². The fourth-order valence-corrected chi connectivity index (χ4v) is 5.51. The number of pyridine rings is 1. The molecule has 0 saturated carbocycles. The van der Waals surface area contributed by atoms with E-state index in [1.165, 1.54) is 18.2 Å². The number of amides is 2. The van der Waals surface area contributed by atoms with Crippen LogP contribution in [0.3, 0.4) is 0 Å². The average molecular weight is 574 g/mol. The van der Waals surface area contributed by atoms with Gasteiger partial charge in [-0.1, -0.05) is 29.3 Å². The molecule has 0 aliphatic carbocycles. The molecule has 0 spiro atoms. The quantitative estimate of drug-likeness (QED) is 0.383. The van der Waals surface area contributed by atoms with Crippen LogP contribution in [-0.2, 0) is 24.2 Å². The van der Waals surface area contributed by atoms with Crippen molar-refractivity contribution in [1.29, 1.82) is 0 Å². The molecule has 2 amide bonds. The van der Waals surface area contributed by atoms with Gasteiger partial charge in [0.15, 0.2) is 17.5 Å². The van der Waals surface area contributed by atoms with E-state index in [0.717, 1.165) is 43.0 Å². The lowest BCUT2D eigenvalue weighted by Crippen LogP contribution is -2.44. The minimum absolute atomic E-state index is 0.00324. The Morgan fingerprint density at radius 1 is 1.13 bits per heavy atom. The highest BCUT2D eigenvalue weighted by molar-refractivity contribution is 6.31. The molecular formula is C28H30Cl2FN5O3. The zero-order valence-electron chi connectivity index (χ0n) is 22.1. The van der Waals surface area contributed by atoms with E-state index in [9.17, 15) is 9.59 Å². The van der Waals surface area contributed by atoms with E-state index in [0.29, 0.717) is 18.5 Å². The number of hydrogen-bond donors (Lipinski definition) is 0. The van der Waals surface area contributed by atoms with Gasteiger partial charge in [-0.25, -0.2) is 14.4 Å². The van der Waals surface area contributed by atoms with Crippen molar-refractivity contribution in [2.75, 3.05) is 20.2 Å². The van der Waals surface area contributed by atoms with Crippen molar-refractivity contribution in [1.82, 2.24) is 24.3 Å². The highest BCUT2D eigenvalue weighted by Crippen LogP contribution is 2.39. The summed E-state index contributed by atoms with van der Waals surface area (Å²) in [6, 6.07) is 6.91. The maximum Gasteiger partial charge on any atom is 0.272 e. The normalized spacial score (nSPS) is 16.6. The van der Waals surface area contributed by atoms with Gasteiger partial charge in [-0.05, 0) is 51.0 Å². The minimum Gasteiger partial charge on any atom is -0.481 e. The fraction of sp³-hybridized carbons (Fsp3) is 0.429. The molecule has 5 rings (SSSR count). The van der Waals surface area contributed by atoms with Crippen LogP contribution < -0.4 is 4.74 Å². The number of ether oxygens (including phenoxy) is 1. The van der Waals surface area contributed by atoms with Gasteiger partial charge < -0.3 is 19.1 Å². The molecule has 0 saturated heterocycles. The summed E-state index contributed by atoms with van der Waals surface area (Å²) < 4.78 is 23.2. The number of carbonyl (C=O) groups is 2. The lowest BCUT2D eigenvalue weighted by Gasteiger charge is -2.37. The summed E-state index contributed by atoms with van der Waals surface area (Å²) in [5.74, 6) is 0.0798. The first kappa shape index (κ1) is 27.4. The highest BCUT2D eigenvalue weighted by atomic mass is 35.5. The molecule has 0 N–H and O–H groups in total. The number of halogens is 3. The number of hydrogen-bond acceptors (Lipinski definition) is 5. The van der Waals surface area contributed by atoms with Gasteiger partial charge >= 0.3 is 0 Å². The number of nitrogens with zero attached hydrogens (tertiary/aromatic N) is 5. The summed E-state index contributed by atoms with van der Waals surface area (Å²) in [6.45, 7) is 4.60. The molecule has 2 aliphatic heterocycles. The van der Waals surface area contributed by atoms with Crippen LogP contribution in [0.1, 0.15) is 66.0 Å². The van der Waals surface area contributed by atoms with Crippen LogP contribution in [0.2, 0.25) is 10.2 Å². The van der Waals surface area contributed by atoms with Gasteiger partial charge in [-0.3, -0.25) is 9.59 Å². The summed E-state index contributed by atoms with van der Waals surface area (Å²) in [7, 11) is 1.69. The molecule has 206 valence electrons. The minimum atomic E-state index is -0.665. The Kier molecular flexibility index (Phi) is 7.82. The van der Waals surface area contributed by atoms with Gasteiger partial charge in [0.2, 0.25) is 0 Å². The zero-order chi connectivity index (χ0) is 27.8.